The molecule has 0 aliphatic rings. The number of thiol groups is 1. The van der Waals surface area contributed by atoms with Gasteiger partial charge < -0.3 is 0 Å². The Morgan fingerprint density at radius 1 is 1.50 bits per heavy atom. The van der Waals surface area contributed by atoms with E-state index in [4.69, 9.17) is 5.26 Å². The fourth-order valence-electron chi connectivity index (χ4n) is 1.15. The minimum absolute atomic E-state index is 0.287. The average molecular weight is 207 g/mol. The molecule has 0 saturated heterocycles. The van der Waals surface area contributed by atoms with Gasteiger partial charge in [0.05, 0.1) is 12.5 Å². The minimum atomic E-state index is -0.287. The van der Waals surface area contributed by atoms with Gasteiger partial charge in [-0.3, -0.25) is 0 Å². The fourth-order valence-corrected chi connectivity index (χ4v) is 1.25. The van der Waals surface area contributed by atoms with E-state index < -0.39 is 0 Å². The van der Waals surface area contributed by atoms with Crippen molar-refractivity contribution in [2.45, 2.75) is 6.42 Å². The largest absolute Gasteiger partial charge is 0.207 e. The van der Waals surface area contributed by atoms with Gasteiger partial charge in [-0.2, -0.15) is 17.9 Å². The topological polar surface area (TPSA) is 23.8 Å². The number of hydrogen-bond acceptors (Lipinski definition) is 2. The molecule has 0 aliphatic heterocycles. The van der Waals surface area contributed by atoms with Crippen molar-refractivity contribution >= 4 is 18.7 Å². The SMILES string of the molecule is N#CCc1ccc(F)cc1C=CCS. The fraction of sp³-hybridized carbons (Fsp3) is 0.182. The van der Waals surface area contributed by atoms with Gasteiger partial charge in [0.1, 0.15) is 5.82 Å². The Hall–Kier alpha value is -1.27. The molecule has 1 rings (SSSR count). The van der Waals surface area contributed by atoms with Crippen molar-refractivity contribution in [1.29, 1.82) is 5.26 Å². The van der Waals surface area contributed by atoms with Crippen LogP contribution >= 0.6 is 12.6 Å². The number of hydrogen-bond donors (Lipinski definition) is 1. The summed E-state index contributed by atoms with van der Waals surface area (Å²) in [5.41, 5.74) is 1.59. The maximum Gasteiger partial charge on any atom is 0.123 e. The first-order valence-corrected chi connectivity index (χ1v) is 4.84. The van der Waals surface area contributed by atoms with Gasteiger partial charge in [-0.15, -0.1) is 0 Å². The van der Waals surface area contributed by atoms with Crippen molar-refractivity contribution in [3.05, 3.63) is 41.2 Å². The zero-order valence-corrected chi connectivity index (χ0v) is 8.47. The number of nitrogens with zero attached hydrogens (tertiary/aromatic N) is 1. The predicted molar refractivity (Wildman–Crippen MR) is 58.6 cm³/mol. The van der Waals surface area contributed by atoms with Crippen LogP contribution in [0, 0.1) is 17.1 Å². The average Bonchev–Trinajstić information content (AvgIpc) is 2.18. The molecular weight excluding hydrogens is 197 g/mol. The summed E-state index contributed by atoms with van der Waals surface area (Å²) >= 11 is 4.02. The molecule has 0 bridgehead atoms. The van der Waals surface area contributed by atoms with E-state index in [1.807, 2.05) is 12.1 Å². The van der Waals surface area contributed by atoms with E-state index in [1.165, 1.54) is 12.1 Å². The molecule has 0 fully saturated rings. The lowest BCUT2D eigenvalue weighted by molar-refractivity contribution is 0.627. The Morgan fingerprint density at radius 3 is 2.93 bits per heavy atom. The quantitative estimate of drug-likeness (QED) is 0.757. The molecule has 3 heteroatoms. The third kappa shape index (κ3) is 2.90. The zero-order chi connectivity index (χ0) is 10.4. The lowest BCUT2D eigenvalue weighted by Gasteiger charge is -2.01. The standard InChI is InChI=1S/C11H10FNS/c12-11-4-3-9(5-6-13)10(8-11)2-1-7-14/h1-4,8,14H,5,7H2. The Labute approximate surface area is 88.3 Å². The molecule has 0 atom stereocenters. The molecule has 0 amide bonds. The smallest absolute Gasteiger partial charge is 0.123 e. The lowest BCUT2D eigenvalue weighted by Crippen LogP contribution is -1.88. The minimum Gasteiger partial charge on any atom is -0.207 e. The monoisotopic (exact) mass is 207 g/mol. The van der Waals surface area contributed by atoms with Crippen LogP contribution in [-0.2, 0) is 6.42 Å². The zero-order valence-electron chi connectivity index (χ0n) is 7.57. The summed E-state index contributed by atoms with van der Waals surface area (Å²) in [5, 5.41) is 8.56. The van der Waals surface area contributed by atoms with Crippen molar-refractivity contribution in [2.24, 2.45) is 0 Å². The molecule has 0 unspecified atom stereocenters. The molecule has 1 nitrogen and oxygen atoms in total. The second-order valence-electron chi connectivity index (χ2n) is 2.76. The molecule has 0 heterocycles. The summed E-state index contributed by atoms with van der Waals surface area (Å²) < 4.78 is 12.9. The molecule has 0 aromatic heterocycles. The van der Waals surface area contributed by atoms with Crippen molar-refractivity contribution in [3.8, 4) is 6.07 Å². The first-order chi connectivity index (χ1) is 6.77. The Morgan fingerprint density at radius 2 is 2.29 bits per heavy atom. The van der Waals surface area contributed by atoms with Crippen molar-refractivity contribution in [2.75, 3.05) is 5.75 Å². The van der Waals surface area contributed by atoms with Gasteiger partial charge in [0.25, 0.3) is 0 Å². The van der Waals surface area contributed by atoms with Crippen LogP contribution in [0.15, 0.2) is 24.3 Å². The van der Waals surface area contributed by atoms with Gasteiger partial charge >= 0.3 is 0 Å². The van der Waals surface area contributed by atoms with Gasteiger partial charge in [-0.1, -0.05) is 18.2 Å². The number of benzene rings is 1. The van der Waals surface area contributed by atoms with Gasteiger partial charge in [-0.25, -0.2) is 4.39 Å². The van der Waals surface area contributed by atoms with Crippen molar-refractivity contribution < 1.29 is 4.39 Å². The van der Waals surface area contributed by atoms with Crippen LogP contribution in [0.3, 0.4) is 0 Å². The molecule has 0 N–H and O–H groups in total. The molecular formula is C11H10FNS. The molecule has 0 radical (unpaired) electrons. The van der Waals surface area contributed by atoms with Crippen LogP contribution in [0.2, 0.25) is 0 Å². The van der Waals surface area contributed by atoms with E-state index in [0.717, 1.165) is 11.1 Å². The van der Waals surface area contributed by atoms with E-state index in [1.54, 1.807) is 12.1 Å². The third-order valence-electron chi connectivity index (χ3n) is 1.78. The van der Waals surface area contributed by atoms with Crippen molar-refractivity contribution in [3.63, 3.8) is 0 Å². The van der Waals surface area contributed by atoms with Gasteiger partial charge in [-0.05, 0) is 23.3 Å². The van der Waals surface area contributed by atoms with E-state index in [2.05, 4.69) is 12.6 Å². The van der Waals surface area contributed by atoms with E-state index >= 15 is 0 Å². The Balaban J connectivity index is 3.03. The molecule has 1 aromatic rings. The van der Waals surface area contributed by atoms with Gasteiger partial charge in [0.15, 0.2) is 0 Å². The van der Waals surface area contributed by atoms with Crippen LogP contribution in [0.5, 0.6) is 0 Å². The first-order valence-electron chi connectivity index (χ1n) is 4.20. The van der Waals surface area contributed by atoms with Crippen molar-refractivity contribution in [1.82, 2.24) is 0 Å². The molecule has 0 aliphatic carbocycles. The second-order valence-corrected chi connectivity index (χ2v) is 3.13. The van der Waals surface area contributed by atoms with Crippen LogP contribution in [-0.4, -0.2) is 5.75 Å². The third-order valence-corrected chi connectivity index (χ3v) is 1.99. The highest BCUT2D eigenvalue weighted by molar-refractivity contribution is 7.80. The summed E-state index contributed by atoms with van der Waals surface area (Å²) in [6, 6.07) is 6.47. The highest BCUT2D eigenvalue weighted by atomic mass is 32.1. The van der Waals surface area contributed by atoms with Gasteiger partial charge in [0, 0.05) is 5.75 Å². The molecule has 72 valence electrons. The number of rotatable bonds is 3. The van der Waals surface area contributed by atoms with Crippen LogP contribution in [0.4, 0.5) is 4.39 Å². The number of nitriles is 1. The second kappa shape index (κ2) is 5.46. The summed E-state index contributed by atoms with van der Waals surface area (Å²) in [6.07, 6.45) is 3.90. The maximum atomic E-state index is 12.9. The summed E-state index contributed by atoms with van der Waals surface area (Å²) in [5.74, 6) is 0.313. The Bertz CT molecular complexity index is 379. The predicted octanol–water partition coefficient (Wildman–Crippen LogP) is 2.83. The van der Waals surface area contributed by atoms with Crippen LogP contribution < -0.4 is 0 Å². The number of halogens is 1. The molecule has 1 aromatic carbocycles. The van der Waals surface area contributed by atoms with E-state index in [0.29, 0.717) is 12.2 Å². The molecule has 0 saturated carbocycles. The lowest BCUT2D eigenvalue weighted by atomic mass is 10.0. The summed E-state index contributed by atoms with van der Waals surface area (Å²) in [7, 11) is 0. The van der Waals surface area contributed by atoms with Crippen LogP contribution in [0.25, 0.3) is 6.08 Å². The molecule has 0 spiro atoms. The summed E-state index contributed by atoms with van der Waals surface area (Å²) in [4.78, 5) is 0. The highest BCUT2D eigenvalue weighted by Crippen LogP contribution is 2.13. The van der Waals surface area contributed by atoms with Crippen LogP contribution in [0.1, 0.15) is 11.1 Å². The van der Waals surface area contributed by atoms with Gasteiger partial charge in [0.2, 0.25) is 0 Å². The Kier molecular flexibility index (Phi) is 4.21. The van der Waals surface area contributed by atoms with E-state index in [-0.39, 0.29) is 5.82 Å². The maximum absolute atomic E-state index is 12.9. The highest BCUT2D eigenvalue weighted by Gasteiger charge is 2.00. The first kappa shape index (κ1) is 10.8. The normalized spacial score (nSPS) is 10.4. The summed E-state index contributed by atoms with van der Waals surface area (Å²) in [6.45, 7) is 0. The molecule has 14 heavy (non-hydrogen) atoms. The van der Waals surface area contributed by atoms with E-state index in [9.17, 15) is 4.39 Å².